The molecule has 1 heterocycles. The Labute approximate surface area is 180 Å². The van der Waals surface area contributed by atoms with Gasteiger partial charge in [-0.15, -0.1) is 0 Å². The second kappa shape index (κ2) is 9.96. The topological polar surface area (TPSA) is 70.7 Å². The zero-order valence-electron chi connectivity index (χ0n) is 16.1. The number of likely N-dealkylation sites (tertiary alicyclic amines) is 1. The van der Waals surface area contributed by atoms with E-state index in [9.17, 15) is 9.59 Å². The van der Waals surface area contributed by atoms with Crippen molar-refractivity contribution in [3.63, 3.8) is 0 Å². The van der Waals surface area contributed by atoms with Gasteiger partial charge in [0.1, 0.15) is 5.75 Å². The van der Waals surface area contributed by atoms with Crippen LogP contribution in [0.25, 0.3) is 0 Å². The van der Waals surface area contributed by atoms with Gasteiger partial charge in [0, 0.05) is 17.3 Å². The van der Waals surface area contributed by atoms with E-state index in [1.165, 1.54) is 0 Å². The molecular weight excluding hydrogens is 413 g/mol. The van der Waals surface area contributed by atoms with Crippen molar-refractivity contribution in [2.45, 2.75) is 12.8 Å². The molecule has 8 heteroatoms. The summed E-state index contributed by atoms with van der Waals surface area (Å²) in [5, 5.41) is 6.61. The number of carbonyl (C=O) groups is 2. The maximum atomic E-state index is 12.5. The van der Waals surface area contributed by atoms with Crippen molar-refractivity contribution < 1.29 is 14.3 Å². The molecule has 154 valence electrons. The van der Waals surface area contributed by atoms with E-state index in [4.69, 9.17) is 27.9 Å². The molecule has 2 amide bonds. The molecule has 1 fully saturated rings. The number of rotatable bonds is 6. The fraction of sp³-hybridized carbons (Fsp3) is 0.333. The SMILES string of the molecule is COc1ccc(NC(=O)C2CCN(CC(=O)Nc3ccc(Cl)c(Cl)c3)CC2)cc1. The molecule has 0 bridgehead atoms. The minimum absolute atomic E-state index is 0.00933. The first-order valence-corrected chi connectivity index (χ1v) is 10.1. The second-order valence-corrected chi connectivity index (χ2v) is 7.76. The van der Waals surface area contributed by atoms with Gasteiger partial charge in [-0.05, 0) is 68.4 Å². The van der Waals surface area contributed by atoms with Gasteiger partial charge in [0.15, 0.2) is 0 Å². The number of nitrogens with zero attached hydrogens (tertiary/aromatic N) is 1. The molecule has 0 spiro atoms. The summed E-state index contributed by atoms with van der Waals surface area (Å²) in [6.07, 6.45) is 1.42. The Morgan fingerprint density at radius 1 is 1.00 bits per heavy atom. The first kappa shape index (κ1) is 21.4. The number of hydrogen-bond acceptors (Lipinski definition) is 4. The average molecular weight is 436 g/mol. The number of nitrogens with one attached hydrogen (secondary N) is 2. The highest BCUT2D eigenvalue weighted by Crippen LogP contribution is 2.25. The molecule has 0 atom stereocenters. The Hall–Kier alpha value is -2.28. The summed E-state index contributed by atoms with van der Waals surface area (Å²) >= 11 is 11.9. The van der Waals surface area contributed by atoms with Gasteiger partial charge in [0.05, 0.1) is 23.7 Å². The van der Waals surface area contributed by atoms with Crippen LogP contribution in [0, 0.1) is 5.92 Å². The third-order valence-electron chi connectivity index (χ3n) is 4.89. The van der Waals surface area contributed by atoms with Crippen molar-refractivity contribution in [2.75, 3.05) is 37.4 Å². The molecule has 0 radical (unpaired) electrons. The summed E-state index contributed by atoms with van der Waals surface area (Å²) in [6.45, 7) is 1.65. The van der Waals surface area contributed by atoms with Crippen LogP contribution in [0.1, 0.15) is 12.8 Å². The Balaban J connectivity index is 1.43. The number of hydrogen-bond donors (Lipinski definition) is 2. The summed E-state index contributed by atoms with van der Waals surface area (Å²) in [5.74, 6) is 0.571. The predicted molar refractivity (Wildman–Crippen MR) is 116 cm³/mol. The van der Waals surface area contributed by atoms with Gasteiger partial charge in [-0.25, -0.2) is 0 Å². The highest BCUT2D eigenvalue weighted by Gasteiger charge is 2.26. The van der Waals surface area contributed by atoms with Gasteiger partial charge in [-0.1, -0.05) is 23.2 Å². The molecule has 0 unspecified atom stereocenters. The number of piperidine rings is 1. The fourth-order valence-corrected chi connectivity index (χ4v) is 3.55. The molecule has 0 aromatic heterocycles. The lowest BCUT2D eigenvalue weighted by atomic mass is 9.96. The van der Waals surface area contributed by atoms with E-state index in [0.717, 1.165) is 11.4 Å². The van der Waals surface area contributed by atoms with Crippen molar-refractivity contribution in [2.24, 2.45) is 5.92 Å². The van der Waals surface area contributed by atoms with Crippen LogP contribution in [0.5, 0.6) is 5.75 Å². The van der Waals surface area contributed by atoms with Gasteiger partial charge in [-0.2, -0.15) is 0 Å². The lowest BCUT2D eigenvalue weighted by Gasteiger charge is -2.30. The standard InChI is InChI=1S/C21H23Cl2N3O3/c1-29-17-5-2-15(3-6-17)25-21(28)14-8-10-26(11-9-14)13-20(27)24-16-4-7-18(22)19(23)12-16/h2-7,12,14H,8-11,13H2,1H3,(H,24,27)(H,25,28). The molecule has 29 heavy (non-hydrogen) atoms. The number of halogens is 2. The van der Waals surface area contributed by atoms with E-state index in [-0.39, 0.29) is 24.3 Å². The van der Waals surface area contributed by atoms with E-state index in [1.807, 2.05) is 29.2 Å². The Kier molecular flexibility index (Phi) is 7.36. The van der Waals surface area contributed by atoms with Gasteiger partial charge in [0.2, 0.25) is 11.8 Å². The number of methoxy groups -OCH3 is 1. The minimum Gasteiger partial charge on any atom is -0.497 e. The van der Waals surface area contributed by atoms with Gasteiger partial charge in [0.25, 0.3) is 0 Å². The van der Waals surface area contributed by atoms with E-state index in [2.05, 4.69) is 10.6 Å². The van der Waals surface area contributed by atoms with E-state index < -0.39 is 0 Å². The maximum Gasteiger partial charge on any atom is 0.238 e. The zero-order chi connectivity index (χ0) is 20.8. The van der Waals surface area contributed by atoms with Crippen LogP contribution in [0.15, 0.2) is 42.5 Å². The molecule has 0 saturated carbocycles. The lowest BCUT2D eigenvalue weighted by molar-refractivity contribution is -0.121. The van der Waals surface area contributed by atoms with Crippen molar-refractivity contribution >= 4 is 46.4 Å². The summed E-state index contributed by atoms with van der Waals surface area (Å²) < 4.78 is 5.12. The van der Waals surface area contributed by atoms with Gasteiger partial charge >= 0.3 is 0 Å². The van der Waals surface area contributed by atoms with E-state index >= 15 is 0 Å². The van der Waals surface area contributed by atoms with Crippen LogP contribution in [0.3, 0.4) is 0 Å². The second-order valence-electron chi connectivity index (χ2n) is 6.95. The Morgan fingerprint density at radius 2 is 1.66 bits per heavy atom. The first-order chi connectivity index (χ1) is 13.9. The number of ether oxygens (including phenoxy) is 1. The quantitative estimate of drug-likeness (QED) is 0.709. The highest BCUT2D eigenvalue weighted by molar-refractivity contribution is 6.42. The molecule has 1 aliphatic heterocycles. The lowest BCUT2D eigenvalue weighted by Crippen LogP contribution is -2.41. The van der Waals surface area contributed by atoms with Gasteiger partial charge in [-0.3, -0.25) is 14.5 Å². The molecule has 0 aliphatic carbocycles. The zero-order valence-corrected chi connectivity index (χ0v) is 17.6. The van der Waals surface area contributed by atoms with Crippen molar-refractivity contribution in [3.05, 3.63) is 52.5 Å². The number of amides is 2. The summed E-state index contributed by atoms with van der Waals surface area (Å²) in [5.41, 5.74) is 1.36. The van der Waals surface area contributed by atoms with Crippen LogP contribution in [0.2, 0.25) is 10.0 Å². The summed E-state index contributed by atoms with van der Waals surface area (Å²) in [7, 11) is 1.60. The molecular formula is C21H23Cl2N3O3. The normalized spacial score (nSPS) is 15.0. The Morgan fingerprint density at radius 3 is 2.28 bits per heavy atom. The number of anilines is 2. The number of carbonyl (C=O) groups excluding carboxylic acids is 2. The highest BCUT2D eigenvalue weighted by atomic mass is 35.5. The molecule has 2 N–H and O–H groups in total. The molecule has 1 aliphatic rings. The summed E-state index contributed by atoms with van der Waals surface area (Å²) in [4.78, 5) is 26.8. The maximum absolute atomic E-state index is 12.5. The molecule has 1 saturated heterocycles. The third-order valence-corrected chi connectivity index (χ3v) is 5.63. The predicted octanol–water partition coefficient (Wildman–Crippen LogP) is 4.29. The minimum atomic E-state index is -0.121. The first-order valence-electron chi connectivity index (χ1n) is 9.37. The largest absolute Gasteiger partial charge is 0.497 e. The van der Waals surface area contributed by atoms with Crippen molar-refractivity contribution in [3.8, 4) is 5.75 Å². The molecule has 2 aromatic rings. The van der Waals surface area contributed by atoms with Gasteiger partial charge < -0.3 is 15.4 Å². The van der Waals surface area contributed by atoms with Crippen LogP contribution in [0.4, 0.5) is 11.4 Å². The third kappa shape index (κ3) is 6.10. The van der Waals surface area contributed by atoms with E-state index in [0.29, 0.717) is 41.7 Å². The summed E-state index contributed by atoms with van der Waals surface area (Å²) in [6, 6.07) is 12.2. The monoisotopic (exact) mass is 435 g/mol. The fourth-order valence-electron chi connectivity index (χ4n) is 3.25. The average Bonchev–Trinajstić information content (AvgIpc) is 2.72. The molecule has 3 rings (SSSR count). The van der Waals surface area contributed by atoms with Crippen molar-refractivity contribution in [1.82, 2.24) is 4.90 Å². The van der Waals surface area contributed by atoms with E-state index in [1.54, 1.807) is 25.3 Å². The van der Waals surface area contributed by atoms with Crippen LogP contribution < -0.4 is 15.4 Å². The van der Waals surface area contributed by atoms with Crippen LogP contribution in [-0.4, -0.2) is 43.5 Å². The smallest absolute Gasteiger partial charge is 0.238 e. The molecule has 2 aromatic carbocycles. The number of benzene rings is 2. The Bertz CT molecular complexity index is 866. The van der Waals surface area contributed by atoms with Crippen LogP contribution >= 0.6 is 23.2 Å². The molecule has 6 nitrogen and oxygen atoms in total. The van der Waals surface area contributed by atoms with Crippen LogP contribution in [-0.2, 0) is 9.59 Å². The van der Waals surface area contributed by atoms with Crippen molar-refractivity contribution in [1.29, 1.82) is 0 Å².